The lowest BCUT2D eigenvalue weighted by Crippen LogP contribution is -2.06. The molecule has 0 aliphatic rings. The number of hydrogen-bond donors (Lipinski definition) is 0. The first-order chi connectivity index (χ1) is 9.54. The maximum absolute atomic E-state index is 13.6. The predicted octanol–water partition coefficient (Wildman–Crippen LogP) is 5.04. The molecule has 104 valence electrons. The van der Waals surface area contributed by atoms with Crippen molar-refractivity contribution in [3.8, 4) is 0 Å². The summed E-state index contributed by atoms with van der Waals surface area (Å²) in [5.41, 5.74) is 1.14. The van der Waals surface area contributed by atoms with Gasteiger partial charge in [0.15, 0.2) is 17.4 Å². The van der Waals surface area contributed by atoms with Crippen molar-refractivity contribution >= 4 is 21.7 Å². The third kappa shape index (κ3) is 2.96. The minimum Gasteiger partial charge on any atom is -0.288 e. The minimum atomic E-state index is -1.10. The highest BCUT2D eigenvalue weighted by Crippen LogP contribution is 2.26. The van der Waals surface area contributed by atoms with Crippen LogP contribution in [0.2, 0.25) is 0 Å². The SMILES string of the molecule is CCC(Br)c1ccc(C(=O)c2cccc(F)c2F)cc1. The molecule has 2 rings (SSSR count). The minimum absolute atomic E-state index is 0.220. The number of ketones is 1. The Labute approximate surface area is 124 Å². The number of rotatable bonds is 4. The molecule has 0 saturated carbocycles. The molecule has 2 aromatic rings. The van der Waals surface area contributed by atoms with E-state index in [2.05, 4.69) is 15.9 Å². The van der Waals surface area contributed by atoms with Crippen LogP contribution in [-0.2, 0) is 0 Å². The fourth-order valence-electron chi connectivity index (χ4n) is 1.91. The van der Waals surface area contributed by atoms with Crippen LogP contribution in [0.15, 0.2) is 42.5 Å². The molecule has 0 aliphatic carbocycles. The molecule has 0 N–H and O–H groups in total. The topological polar surface area (TPSA) is 17.1 Å². The van der Waals surface area contributed by atoms with E-state index in [0.29, 0.717) is 5.56 Å². The van der Waals surface area contributed by atoms with Crippen molar-refractivity contribution in [2.45, 2.75) is 18.2 Å². The number of hydrogen-bond acceptors (Lipinski definition) is 1. The molecule has 1 unspecified atom stereocenters. The van der Waals surface area contributed by atoms with Gasteiger partial charge in [-0.15, -0.1) is 0 Å². The molecule has 0 aliphatic heterocycles. The highest BCUT2D eigenvalue weighted by molar-refractivity contribution is 9.09. The molecule has 0 fully saturated rings. The lowest BCUT2D eigenvalue weighted by atomic mass is 10.0. The van der Waals surface area contributed by atoms with Crippen LogP contribution in [0.5, 0.6) is 0 Å². The zero-order valence-electron chi connectivity index (χ0n) is 10.9. The molecule has 0 saturated heterocycles. The van der Waals surface area contributed by atoms with Gasteiger partial charge in [-0.1, -0.05) is 53.2 Å². The zero-order valence-corrected chi connectivity index (χ0v) is 12.5. The molecular weight excluding hydrogens is 326 g/mol. The Morgan fingerprint density at radius 3 is 2.40 bits per heavy atom. The van der Waals surface area contributed by atoms with Gasteiger partial charge in [-0.05, 0) is 24.1 Å². The Morgan fingerprint density at radius 1 is 1.15 bits per heavy atom. The van der Waals surface area contributed by atoms with Gasteiger partial charge in [-0.25, -0.2) is 8.78 Å². The summed E-state index contributed by atoms with van der Waals surface area (Å²) in [7, 11) is 0. The number of carbonyl (C=O) groups is 1. The first kappa shape index (κ1) is 14.9. The number of alkyl halides is 1. The van der Waals surface area contributed by atoms with Crippen molar-refractivity contribution in [1.82, 2.24) is 0 Å². The Bertz CT molecular complexity index is 623. The van der Waals surface area contributed by atoms with Crippen molar-refractivity contribution < 1.29 is 13.6 Å². The van der Waals surface area contributed by atoms with Crippen molar-refractivity contribution in [3.05, 3.63) is 70.8 Å². The van der Waals surface area contributed by atoms with Gasteiger partial charge in [0.25, 0.3) is 0 Å². The van der Waals surface area contributed by atoms with Crippen LogP contribution in [0, 0.1) is 11.6 Å². The molecule has 20 heavy (non-hydrogen) atoms. The first-order valence-corrected chi connectivity index (χ1v) is 7.19. The summed E-state index contributed by atoms with van der Waals surface area (Å²) in [5, 5.41) is 0. The summed E-state index contributed by atoms with van der Waals surface area (Å²) in [6.45, 7) is 2.04. The third-order valence-electron chi connectivity index (χ3n) is 3.09. The van der Waals surface area contributed by atoms with Gasteiger partial charge in [-0.3, -0.25) is 4.79 Å². The van der Waals surface area contributed by atoms with Crippen molar-refractivity contribution in [1.29, 1.82) is 0 Å². The second kappa shape index (κ2) is 6.27. The van der Waals surface area contributed by atoms with E-state index in [1.165, 1.54) is 12.1 Å². The molecular formula is C16H13BrF2O. The van der Waals surface area contributed by atoms with Gasteiger partial charge >= 0.3 is 0 Å². The van der Waals surface area contributed by atoms with Crippen molar-refractivity contribution in [2.75, 3.05) is 0 Å². The molecule has 0 amide bonds. The molecule has 0 spiro atoms. The summed E-state index contributed by atoms with van der Waals surface area (Å²) in [6, 6.07) is 10.5. The van der Waals surface area contributed by atoms with E-state index in [1.807, 2.05) is 19.1 Å². The highest BCUT2D eigenvalue weighted by Gasteiger charge is 2.17. The summed E-state index contributed by atoms with van der Waals surface area (Å²) in [5.74, 6) is -2.64. The third-order valence-corrected chi connectivity index (χ3v) is 4.27. The largest absolute Gasteiger partial charge is 0.288 e. The highest BCUT2D eigenvalue weighted by atomic mass is 79.9. The molecule has 4 heteroatoms. The molecule has 0 radical (unpaired) electrons. The molecule has 1 nitrogen and oxygen atoms in total. The van der Waals surface area contributed by atoms with Gasteiger partial charge in [-0.2, -0.15) is 0 Å². The monoisotopic (exact) mass is 338 g/mol. The van der Waals surface area contributed by atoms with Crippen LogP contribution in [0.4, 0.5) is 8.78 Å². The standard InChI is InChI=1S/C16H13BrF2O/c1-2-13(17)10-6-8-11(9-7-10)16(20)12-4-3-5-14(18)15(12)19/h3-9,13H,2H2,1H3. The average Bonchev–Trinajstić information content (AvgIpc) is 2.48. The van der Waals surface area contributed by atoms with E-state index >= 15 is 0 Å². The van der Waals surface area contributed by atoms with Crippen LogP contribution in [0.3, 0.4) is 0 Å². The van der Waals surface area contributed by atoms with E-state index in [9.17, 15) is 13.6 Å². The Hall–Kier alpha value is -1.55. The van der Waals surface area contributed by atoms with E-state index in [1.54, 1.807) is 12.1 Å². The smallest absolute Gasteiger partial charge is 0.196 e. The first-order valence-electron chi connectivity index (χ1n) is 6.27. The number of carbonyl (C=O) groups excluding carboxylic acids is 1. The summed E-state index contributed by atoms with van der Waals surface area (Å²) >= 11 is 3.52. The molecule has 0 aromatic heterocycles. The summed E-state index contributed by atoms with van der Waals surface area (Å²) in [4.78, 5) is 12.4. The fraction of sp³-hybridized carbons (Fsp3) is 0.188. The van der Waals surface area contributed by atoms with E-state index < -0.39 is 17.4 Å². The van der Waals surface area contributed by atoms with Gasteiger partial charge in [0, 0.05) is 10.4 Å². The summed E-state index contributed by atoms with van der Waals surface area (Å²) in [6.07, 6.45) is 0.922. The quantitative estimate of drug-likeness (QED) is 0.563. The number of halogens is 3. The lowest BCUT2D eigenvalue weighted by Gasteiger charge is -2.08. The van der Waals surface area contributed by atoms with Gasteiger partial charge in [0.1, 0.15) is 0 Å². The van der Waals surface area contributed by atoms with E-state index in [-0.39, 0.29) is 10.4 Å². The average molecular weight is 339 g/mol. The van der Waals surface area contributed by atoms with E-state index in [4.69, 9.17) is 0 Å². The molecule has 2 aromatic carbocycles. The van der Waals surface area contributed by atoms with Crippen molar-refractivity contribution in [3.63, 3.8) is 0 Å². The van der Waals surface area contributed by atoms with Crippen LogP contribution < -0.4 is 0 Å². The lowest BCUT2D eigenvalue weighted by molar-refractivity contribution is 0.103. The van der Waals surface area contributed by atoms with Crippen LogP contribution >= 0.6 is 15.9 Å². The van der Waals surface area contributed by atoms with E-state index in [0.717, 1.165) is 18.1 Å². The second-order valence-corrected chi connectivity index (χ2v) is 5.53. The zero-order chi connectivity index (χ0) is 14.7. The van der Waals surface area contributed by atoms with Gasteiger partial charge in [0.2, 0.25) is 0 Å². The molecule has 1 atom stereocenters. The number of benzene rings is 2. The van der Waals surface area contributed by atoms with Gasteiger partial charge in [0.05, 0.1) is 5.56 Å². The summed E-state index contributed by atoms with van der Waals surface area (Å²) < 4.78 is 26.7. The van der Waals surface area contributed by atoms with Crippen LogP contribution in [0.1, 0.15) is 39.7 Å². The maximum Gasteiger partial charge on any atom is 0.196 e. The predicted molar refractivity (Wildman–Crippen MR) is 78.2 cm³/mol. The molecule has 0 bridgehead atoms. The second-order valence-electron chi connectivity index (χ2n) is 4.43. The van der Waals surface area contributed by atoms with Crippen LogP contribution in [-0.4, -0.2) is 5.78 Å². The van der Waals surface area contributed by atoms with Crippen LogP contribution in [0.25, 0.3) is 0 Å². The maximum atomic E-state index is 13.6. The van der Waals surface area contributed by atoms with Gasteiger partial charge < -0.3 is 0 Å². The molecule has 0 heterocycles. The Morgan fingerprint density at radius 2 is 1.80 bits per heavy atom. The fourth-order valence-corrected chi connectivity index (χ4v) is 2.22. The Balaban J connectivity index is 2.32. The normalized spacial score (nSPS) is 12.2. The van der Waals surface area contributed by atoms with Crippen molar-refractivity contribution in [2.24, 2.45) is 0 Å². The Kier molecular flexibility index (Phi) is 4.65.